The first-order valence-electron chi connectivity index (χ1n) is 9.84. The molecule has 0 atom stereocenters. The highest BCUT2D eigenvalue weighted by Crippen LogP contribution is 2.38. The van der Waals surface area contributed by atoms with Gasteiger partial charge in [0.15, 0.2) is 0 Å². The van der Waals surface area contributed by atoms with Crippen LogP contribution in [-0.4, -0.2) is 6.61 Å². The minimum Gasteiger partial charge on any atom is -0.490 e. The second kappa shape index (κ2) is 11.1. The fourth-order valence-corrected chi connectivity index (χ4v) is 3.69. The molecule has 1 aliphatic carbocycles. The minimum absolute atomic E-state index is 0.632. The number of ether oxygens (including phenoxy) is 1. The summed E-state index contributed by atoms with van der Waals surface area (Å²) >= 11 is 0. The van der Waals surface area contributed by atoms with Crippen LogP contribution >= 0.6 is 0 Å². The van der Waals surface area contributed by atoms with Gasteiger partial charge in [0.25, 0.3) is 0 Å². The molecule has 0 N–H and O–H groups in total. The lowest BCUT2D eigenvalue weighted by molar-refractivity contribution is 0.302. The second-order valence-corrected chi connectivity index (χ2v) is 7.05. The lowest BCUT2D eigenvalue weighted by Gasteiger charge is -2.29. The first kappa shape index (κ1) is 18.8. The van der Waals surface area contributed by atoms with Crippen molar-refractivity contribution < 1.29 is 4.74 Å². The zero-order valence-corrected chi connectivity index (χ0v) is 15.5. The van der Waals surface area contributed by atoms with E-state index >= 15 is 0 Å². The molecule has 0 amide bonds. The first-order chi connectivity index (χ1) is 11.8. The topological polar surface area (TPSA) is 9.23 Å². The van der Waals surface area contributed by atoms with E-state index < -0.39 is 0 Å². The number of allylic oxidation sites excluding steroid dienone is 3. The fourth-order valence-electron chi connectivity index (χ4n) is 3.69. The maximum absolute atomic E-state index is 5.75. The van der Waals surface area contributed by atoms with Gasteiger partial charge in [0, 0.05) is 0 Å². The van der Waals surface area contributed by atoms with Gasteiger partial charge in [0.2, 0.25) is 0 Å². The summed E-state index contributed by atoms with van der Waals surface area (Å²) < 4.78 is 5.75. The van der Waals surface area contributed by atoms with Crippen LogP contribution < -0.4 is 4.74 Å². The number of hydrogen-bond acceptors (Lipinski definition) is 1. The zero-order chi connectivity index (χ0) is 17.0. The molecular formula is C23H34O. The molecule has 0 heterocycles. The summed E-state index contributed by atoms with van der Waals surface area (Å²) in [6.07, 6.45) is 19.3. The summed E-state index contributed by atoms with van der Waals surface area (Å²) in [4.78, 5) is 0. The van der Waals surface area contributed by atoms with Gasteiger partial charge in [-0.15, -0.1) is 0 Å². The standard InChI is InChI=1S/C23H34O/c1-3-5-7-9-19-24-23-17-15-22(16-18-23)21-13-11-20(12-14-21)10-8-6-4-2/h3,5,7,9,15-18,20-21H,4,6,8,10-14,19H2,1-2H3/t20-,21-. The van der Waals surface area contributed by atoms with E-state index in [4.69, 9.17) is 4.74 Å². The summed E-state index contributed by atoms with van der Waals surface area (Å²) in [5, 5.41) is 0. The van der Waals surface area contributed by atoms with Gasteiger partial charge in [-0.2, -0.15) is 0 Å². The van der Waals surface area contributed by atoms with E-state index in [1.807, 2.05) is 31.2 Å². The van der Waals surface area contributed by atoms with Crippen LogP contribution in [0.4, 0.5) is 0 Å². The van der Waals surface area contributed by atoms with E-state index in [2.05, 4.69) is 31.2 Å². The molecule has 132 valence electrons. The van der Waals surface area contributed by atoms with Gasteiger partial charge < -0.3 is 4.74 Å². The van der Waals surface area contributed by atoms with Crippen molar-refractivity contribution in [1.29, 1.82) is 0 Å². The molecule has 0 aliphatic heterocycles. The minimum atomic E-state index is 0.632. The molecule has 1 aliphatic rings. The van der Waals surface area contributed by atoms with Gasteiger partial charge in [0.05, 0.1) is 0 Å². The van der Waals surface area contributed by atoms with Crippen molar-refractivity contribution in [1.82, 2.24) is 0 Å². The Balaban J connectivity index is 1.73. The Kier molecular flexibility index (Phi) is 8.73. The molecular weight excluding hydrogens is 292 g/mol. The van der Waals surface area contributed by atoms with Crippen LogP contribution in [0.2, 0.25) is 0 Å². The van der Waals surface area contributed by atoms with Crippen molar-refractivity contribution in [3.05, 3.63) is 54.1 Å². The number of rotatable bonds is 9. The zero-order valence-electron chi connectivity index (χ0n) is 15.5. The first-order valence-corrected chi connectivity index (χ1v) is 9.84. The monoisotopic (exact) mass is 326 g/mol. The van der Waals surface area contributed by atoms with Crippen molar-refractivity contribution in [2.45, 2.75) is 71.1 Å². The molecule has 0 spiro atoms. The molecule has 24 heavy (non-hydrogen) atoms. The van der Waals surface area contributed by atoms with Crippen LogP contribution in [0.1, 0.15) is 76.7 Å². The SMILES string of the molecule is CC=CC=CCOc1ccc([C@H]2CC[C@H](CCCCC)CC2)cc1. The number of unbranched alkanes of at least 4 members (excludes halogenated alkanes) is 2. The Hall–Kier alpha value is -1.50. The van der Waals surface area contributed by atoms with Gasteiger partial charge in [0.1, 0.15) is 12.4 Å². The third kappa shape index (κ3) is 6.55. The van der Waals surface area contributed by atoms with Crippen LogP contribution in [0, 0.1) is 5.92 Å². The van der Waals surface area contributed by atoms with Crippen molar-refractivity contribution in [2.75, 3.05) is 6.61 Å². The summed E-state index contributed by atoms with van der Waals surface area (Å²) in [5.41, 5.74) is 1.50. The van der Waals surface area contributed by atoms with Crippen LogP contribution in [0.25, 0.3) is 0 Å². The number of hydrogen-bond donors (Lipinski definition) is 0. The van der Waals surface area contributed by atoms with Crippen molar-refractivity contribution in [3.8, 4) is 5.75 Å². The van der Waals surface area contributed by atoms with Crippen LogP contribution in [0.5, 0.6) is 5.75 Å². The largest absolute Gasteiger partial charge is 0.490 e. The molecule has 1 aromatic carbocycles. The fraction of sp³-hybridized carbons (Fsp3) is 0.565. The van der Waals surface area contributed by atoms with Gasteiger partial charge in [-0.1, -0.05) is 63.0 Å². The van der Waals surface area contributed by atoms with Gasteiger partial charge in [-0.3, -0.25) is 0 Å². The Morgan fingerprint density at radius 2 is 1.75 bits per heavy atom. The molecule has 1 saturated carbocycles. The molecule has 1 heteroatoms. The van der Waals surface area contributed by atoms with Crippen molar-refractivity contribution in [3.63, 3.8) is 0 Å². The number of benzene rings is 1. The highest BCUT2D eigenvalue weighted by molar-refractivity contribution is 5.30. The van der Waals surface area contributed by atoms with Crippen LogP contribution in [0.15, 0.2) is 48.6 Å². The summed E-state index contributed by atoms with van der Waals surface area (Å²) in [6, 6.07) is 8.80. The predicted octanol–water partition coefficient (Wildman–Crippen LogP) is 7.05. The molecule has 0 aromatic heterocycles. The molecule has 0 radical (unpaired) electrons. The molecule has 0 bridgehead atoms. The van der Waals surface area contributed by atoms with Gasteiger partial charge >= 0.3 is 0 Å². The third-order valence-corrected chi connectivity index (χ3v) is 5.20. The van der Waals surface area contributed by atoms with E-state index in [1.165, 1.54) is 56.9 Å². The Morgan fingerprint density at radius 1 is 1.00 bits per heavy atom. The van der Waals surface area contributed by atoms with Gasteiger partial charge in [-0.05, 0) is 68.2 Å². The average molecular weight is 327 g/mol. The normalized spacial score (nSPS) is 21.6. The maximum Gasteiger partial charge on any atom is 0.119 e. The van der Waals surface area contributed by atoms with Gasteiger partial charge in [-0.25, -0.2) is 0 Å². The molecule has 1 fully saturated rings. The maximum atomic E-state index is 5.75. The molecule has 0 unspecified atom stereocenters. The molecule has 2 rings (SSSR count). The quantitative estimate of drug-likeness (QED) is 0.349. The molecule has 0 saturated heterocycles. The average Bonchev–Trinajstić information content (AvgIpc) is 2.63. The second-order valence-electron chi connectivity index (χ2n) is 7.05. The Bertz CT molecular complexity index is 489. The Morgan fingerprint density at radius 3 is 2.42 bits per heavy atom. The predicted molar refractivity (Wildman–Crippen MR) is 105 cm³/mol. The Labute approximate surface area is 148 Å². The van der Waals surface area contributed by atoms with Crippen LogP contribution in [-0.2, 0) is 0 Å². The van der Waals surface area contributed by atoms with Crippen LogP contribution in [0.3, 0.4) is 0 Å². The summed E-state index contributed by atoms with van der Waals surface area (Å²) in [5.74, 6) is 2.72. The highest BCUT2D eigenvalue weighted by atomic mass is 16.5. The lowest BCUT2D eigenvalue weighted by atomic mass is 9.77. The molecule has 1 nitrogen and oxygen atoms in total. The molecule has 1 aromatic rings. The van der Waals surface area contributed by atoms with Crippen molar-refractivity contribution in [2.24, 2.45) is 5.92 Å². The smallest absolute Gasteiger partial charge is 0.119 e. The summed E-state index contributed by atoms with van der Waals surface area (Å²) in [6.45, 7) is 4.94. The van der Waals surface area contributed by atoms with E-state index in [0.29, 0.717) is 6.61 Å². The third-order valence-electron chi connectivity index (χ3n) is 5.20. The van der Waals surface area contributed by atoms with E-state index in [1.54, 1.807) is 0 Å². The van der Waals surface area contributed by atoms with Crippen molar-refractivity contribution >= 4 is 0 Å². The summed E-state index contributed by atoms with van der Waals surface area (Å²) in [7, 11) is 0. The van der Waals surface area contributed by atoms with E-state index in [9.17, 15) is 0 Å². The van der Waals surface area contributed by atoms with E-state index in [0.717, 1.165) is 17.6 Å². The lowest BCUT2D eigenvalue weighted by Crippen LogP contribution is -2.13. The highest BCUT2D eigenvalue weighted by Gasteiger charge is 2.21. The van der Waals surface area contributed by atoms with E-state index in [-0.39, 0.29) is 0 Å².